The van der Waals surface area contributed by atoms with Crippen LogP contribution in [-0.4, -0.2) is 50.8 Å². The number of rotatable bonds is 10. The molecular weight excluding hydrogens is 382 g/mol. The van der Waals surface area contributed by atoms with Gasteiger partial charge in [0.15, 0.2) is 5.72 Å². The van der Waals surface area contributed by atoms with Crippen LogP contribution in [0.1, 0.15) is 67.2 Å². The van der Waals surface area contributed by atoms with Crippen LogP contribution >= 0.6 is 0 Å². The molecule has 0 bridgehead atoms. The summed E-state index contributed by atoms with van der Waals surface area (Å²) in [6, 6.07) is 14.7. The maximum absolute atomic E-state index is 12.8. The number of carboxylic acid groups (broad SMARTS) is 1. The molecule has 6 nitrogen and oxygen atoms in total. The fourth-order valence-electron chi connectivity index (χ4n) is 3.25. The molecule has 0 saturated carbocycles. The van der Waals surface area contributed by atoms with Gasteiger partial charge in [0.2, 0.25) is 5.78 Å². The Hall–Kier alpha value is -2.70. The highest BCUT2D eigenvalue weighted by molar-refractivity contribution is 6.04. The summed E-state index contributed by atoms with van der Waals surface area (Å²) in [4.78, 5) is 24.8. The number of para-hydroxylation sites is 1. The van der Waals surface area contributed by atoms with Crippen molar-refractivity contribution in [2.45, 2.75) is 52.2 Å². The molecule has 0 radical (unpaired) electrons. The monoisotopic (exact) mass is 415 g/mol. The lowest BCUT2D eigenvalue weighted by Crippen LogP contribution is -2.54. The molecule has 0 amide bonds. The fourth-order valence-corrected chi connectivity index (χ4v) is 3.25. The molecular formula is C24H33NO5. The van der Waals surface area contributed by atoms with Crippen molar-refractivity contribution < 1.29 is 24.9 Å². The number of hydrogen-bond acceptors (Lipinski definition) is 5. The minimum atomic E-state index is -1.54. The zero-order valence-electron chi connectivity index (χ0n) is 18.0. The summed E-state index contributed by atoms with van der Waals surface area (Å²) in [6.07, 6.45) is 3.16. The van der Waals surface area contributed by atoms with Gasteiger partial charge in [-0.3, -0.25) is 9.69 Å². The van der Waals surface area contributed by atoms with E-state index in [0.717, 1.165) is 19.3 Å². The molecule has 0 aromatic heterocycles. The number of unbranched alkanes of at least 4 members (excludes halogenated alkanes) is 2. The van der Waals surface area contributed by atoms with Gasteiger partial charge < -0.3 is 15.3 Å². The van der Waals surface area contributed by atoms with Gasteiger partial charge in [0, 0.05) is 0 Å². The van der Waals surface area contributed by atoms with Gasteiger partial charge in [0.1, 0.15) is 5.75 Å². The lowest BCUT2D eigenvalue weighted by molar-refractivity contribution is -0.0789. The summed E-state index contributed by atoms with van der Waals surface area (Å²) >= 11 is 0. The van der Waals surface area contributed by atoms with Crippen LogP contribution in [0.2, 0.25) is 0 Å². The number of phenolic OH excluding ortho intramolecular Hbond substituents is 1. The molecule has 1 atom stereocenters. The van der Waals surface area contributed by atoms with Gasteiger partial charge in [-0.25, -0.2) is 4.79 Å². The number of Topliss-reactive ketones (excluding diaryl/α,β-unsaturated/α-hetero) is 1. The van der Waals surface area contributed by atoms with Crippen molar-refractivity contribution in [2.24, 2.45) is 0 Å². The molecule has 0 fully saturated rings. The van der Waals surface area contributed by atoms with Crippen LogP contribution in [0.4, 0.5) is 0 Å². The number of carbonyl (C=O) groups is 2. The highest BCUT2D eigenvalue weighted by atomic mass is 16.4. The van der Waals surface area contributed by atoms with Crippen molar-refractivity contribution in [3.8, 4) is 5.75 Å². The number of ketones is 1. The van der Waals surface area contributed by atoms with E-state index >= 15 is 0 Å². The van der Waals surface area contributed by atoms with Crippen LogP contribution in [0.3, 0.4) is 0 Å². The third-order valence-corrected chi connectivity index (χ3v) is 4.95. The number of carbonyl (C=O) groups excluding carboxylic acids is 1. The van der Waals surface area contributed by atoms with Crippen molar-refractivity contribution in [1.82, 2.24) is 4.90 Å². The van der Waals surface area contributed by atoms with Crippen molar-refractivity contribution in [3.05, 3.63) is 65.7 Å². The molecule has 0 aliphatic rings. The normalized spacial score (nSPS) is 12.6. The average molecular weight is 416 g/mol. The van der Waals surface area contributed by atoms with Crippen LogP contribution in [0.25, 0.3) is 0 Å². The number of aliphatic hydroxyl groups is 1. The molecule has 30 heavy (non-hydrogen) atoms. The zero-order valence-corrected chi connectivity index (χ0v) is 18.0. The first-order chi connectivity index (χ1) is 14.3. The number of aromatic hydroxyl groups is 1. The standard InChI is InChI=1S/C17H27NO3.C7H6O2/c1-4-7-10-13-17(21,18(5-2)6-3)16(20)14-11-8-9-12-15(14)19;8-7(9)6-4-2-1-3-5-6/h8-9,11-12,19,21H,4-7,10,13H2,1-3H3;1-5H,(H,8,9). The first kappa shape index (κ1) is 25.3. The van der Waals surface area contributed by atoms with Crippen LogP contribution in [0, 0.1) is 0 Å². The van der Waals surface area contributed by atoms with Crippen molar-refractivity contribution in [2.75, 3.05) is 13.1 Å². The van der Waals surface area contributed by atoms with E-state index in [1.165, 1.54) is 6.07 Å². The molecule has 0 heterocycles. The predicted molar refractivity (Wildman–Crippen MR) is 118 cm³/mol. The van der Waals surface area contributed by atoms with Crippen molar-refractivity contribution >= 4 is 11.8 Å². The van der Waals surface area contributed by atoms with Gasteiger partial charge >= 0.3 is 5.97 Å². The van der Waals surface area contributed by atoms with E-state index in [-0.39, 0.29) is 11.3 Å². The summed E-state index contributed by atoms with van der Waals surface area (Å²) in [5.41, 5.74) is -1.03. The Labute approximate surface area is 178 Å². The molecule has 0 aliphatic heterocycles. The molecule has 2 rings (SSSR count). The molecule has 2 aromatic rings. The third-order valence-electron chi connectivity index (χ3n) is 4.95. The second-order valence-electron chi connectivity index (χ2n) is 6.96. The van der Waals surface area contributed by atoms with Gasteiger partial charge in [0.05, 0.1) is 11.1 Å². The number of likely N-dealkylation sites (N-methyl/N-ethyl adjacent to an activating group) is 1. The molecule has 6 heteroatoms. The summed E-state index contributed by atoms with van der Waals surface area (Å²) < 4.78 is 0. The molecule has 0 aliphatic carbocycles. The Morgan fingerprint density at radius 2 is 1.47 bits per heavy atom. The number of carboxylic acids is 1. The number of benzene rings is 2. The molecule has 0 saturated heterocycles. The van der Waals surface area contributed by atoms with Gasteiger partial charge in [0.25, 0.3) is 0 Å². The highest BCUT2D eigenvalue weighted by Crippen LogP contribution is 2.28. The summed E-state index contributed by atoms with van der Waals surface area (Å²) in [7, 11) is 0. The average Bonchev–Trinajstić information content (AvgIpc) is 2.75. The van der Waals surface area contributed by atoms with Crippen LogP contribution in [0.15, 0.2) is 54.6 Å². The molecule has 3 N–H and O–H groups in total. The van der Waals surface area contributed by atoms with E-state index in [1.807, 2.05) is 13.8 Å². The molecule has 164 valence electrons. The molecule has 2 aromatic carbocycles. The van der Waals surface area contributed by atoms with Crippen LogP contribution < -0.4 is 0 Å². The van der Waals surface area contributed by atoms with Crippen molar-refractivity contribution in [3.63, 3.8) is 0 Å². The Kier molecular flexibility index (Phi) is 10.8. The van der Waals surface area contributed by atoms with Gasteiger partial charge in [-0.05, 0) is 50.2 Å². The van der Waals surface area contributed by atoms with E-state index in [9.17, 15) is 19.8 Å². The molecule has 0 spiro atoms. The molecule has 1 unspecified atom stereocenters. The van der Waals surface area contributed by atoms with Crippen molar-refractivity contribution in [1.29, 1.82) is 0 Å². The number of hydrogen-bond donors (Lipinski definition) is 3. The van der Waals surface area contributed by atoms with Crippen LogP contribution in [-0.2, 0) is 0 Å². The highest BCUT2D eigenvalue weighted by Gasteiger charge is 2.41. The summed E-state index contributed by atoms with van der Waals surface area (Å²) in [5, 5.41) is 29.3. The second-order valence-corrected chi connectivity index (χ2v) is 6.96. The second kappa shape index (κ2) is 12.8. The summed E-state index contributed by atoms with van der Waals surface area (Å²) in [5.74, 6) is -1.38. The van der Waals surface area contributed by atoms with E-state index in [4.69, 9.17) is 5.11 Å². The number of aromatic carboxylic acids is 1. The third kappa shape index (κ3) is 6.97. The topological polar surface area (TPSA) is 98.1 Å². The van der Waals surface area contributed by atoms with Gasteiger partial charge in [-0.2, -0.15) is 0 Å². The quantitative estimate of drug-likeness (QED) is 0.299. The van der Waals surface area contributed by atoms with E-state index in [1.54, 1.807) is 53.4 Å². The van der Waals surface area contributed by atoms with E-state index < -0.39 is 17.5 Å². The maximum Gasteiger partial charge on any atom is 0.335 e. The minimum absolute atomic E-state index is 0.0800. The van der Waals surface area contributed by atoms with Gasteiger partial charge in [-0.1, -0.05) is 63.9 Å². The lowest BCUT2D eigenvalue weighted by Gasteiger charge is -2.37. The Morgan fingerprint density at radius 3 is 1.93 bits per heavy atom. The van der Waals surface area contributed by atoms with Crippen LogP contribution in [0.5, 0.6) is 5.75 Å². The Balaban J connectivity index is 0.000000414. The maximum atomic E-state index is 12.8. The number of nitrogens with zero attached hydrogens (tertiary/aromatic N) is 1. The SMILES string of the molecule is CCCCCC(O)(C(=O)c1ccccc1O)N(CC)CC.O=C(O)c1ccccc1. The lowest BCUT2D eigenvalue weighted by atomic mass is 9.93. The first-order valence-corrected chi connectivity index (χ1v) is 10.4. The minimum Gasteiger partial charge on any atom is -0.507 e. The fraction of sp³-hybridized carbons (Fsp3) is 0.417. The Bertz CT molecular complexity index is 789. The number of phenols is 1. The predicted octanol–water partition coefficient (Wildman–Crippen LogP) is 4.57. The van der Waals surface area contributed by atoms with E-state index in [0.29, 0.717) is 25.1 Å². The smallest absolute Gasteiger partial charge is 0.335 e. The first-order valence-electron chi connectivity index (χ1n) is 10.4. The Morgan fingerprint density at radius 1 is 0.900 bits per heavy atom. The van der Waals surface area contributed by atoms with Gasteiger partial charge in [-0.15, -0.1) is 0 Å². The summed E-state index contributed by atoms with van der Waals surface area (Å²) in [6.45, 7) is 7.09. The zero-order chi connectivity index (χ0) is 22.6. The largest absolute Gasteiger partial charge is 0.507 e. The van der Waals surface area contributed by atoms with E-state index in [2.05, 4.69) is 6.92 Å².